The van der Waals surface area contributed by atoms with E-state index in [0.717, 1.165) is 114 Å². The predicted molar refractivity (Wildman–Crippen MR) is 292 cm³/mol. The summed E-state index contributed by atoms with van der Waals surface area (Å²) in [6.07, 6.45) is 8.44. The zero-order valence-corrected chi connectivity index (χ0v) is 44.0. The summed E-state index contributed by atoms with van der Waals surface area (Å²) in [7, 11) is 0. The Kier molecular flexibility index (Phi) is 14.1. The van der Waals surface area contributed by atoms with Crippen LogP contribution >= 0.6 is 11.3 Å². The Bertz CT molecular complexity index is 3260. The van der Waals surface area contributed by atoms with E-state index in [1.54, 1.807) is 0 Å². The van der Waals surface area contributed by atoms with Crippen molar-refractivity contribution in [3.05, 3.63) is 125 Å². The number of rotatable bonds is 13. The molecule has 16 heteroatoms. The molecule has 2 saturated heterocycles. The van der Waals surface area contributed by atoms with Gasteiger partial charge in [-0.15, -0.1) is 0 Å². The number of esters is 1. The standard InChI is InChI=1S/C59H64N8O7S/c1-36-33-41(72-40-17-14-37(15-18-40)9-8-27-65-29-31-66(32-30-65)58-61-47-23-16-39(34-49(47)73-58)43-22-25-52(68)63-54(43)69)19-20-42(36)44-21-24-51(62-53(44)56(71)74-59(2,3)4)67-28-26-38-10-7-11-45(46(38)35-67)55(70)64-57-60-48-12-5-6-13-50(48)75-57/h5-7,10-13,16,19-21,23-24,33-34,37,40,43H,8-9,14-15,17-18,22,25-32,35H2,1-4H3,(H,60,64,70)(H,63,68,69). The summed E-state index contributed by atoms with van der Waals surface area (Å²) in [4.78, 5) is 73.2. The molecule has 1 aliphatic carbocycles. The number of nitrogens with zero attached hydrogens (tertiary/aromatic N) is 6. The van der Waals surface area contributed by atoms with Crippen LogP contribution in [0.15, 0.2) is 95.4 Å². The Hall–Kier alpha value is -7.17. The first kappa shape index (κ1) is 50.0. The summed E-state index contributed by atoms with van der Waals surface area (Å²) < 4.78 is 19.8. The SMILES string of the molecule is Cc1cc(OC2CCC(CCCN3CCN(c4nc5ccc(C6CCC(=O)NC6=O)cc5o4)CC3)CC2)ccc1-c1ccc(N2CCc3cccc(C(=O)Nc4nc5ccccc5s4)c3C2)nc1C(=O)OC(C)(C)C. The summed E-state index contributed by atoms with van der Waals surface area (Å²) in [6, 6.07) is 30.1. The van der Waals surface area contributed by atoms with Crippen molar-refractivity contribution in [3.63, 3.8) is 0 Å². The normalized spacial score (nSPS) is 19.5. The Morgan fingerprint density at radius 3 is 2.41 bits per heavy atom. The van der Waals surface area contributed by atoms with Crippen molar-refractivity contribution in [1.82, 2.24) is 25.2 Å². The Morgan fingerprint density at radius 2 is 1.63 bits per heavy atom. The van der Waals surface area contributed by atoms with Crippen LogP contribution in [0.3, 0.4) is 0 Å². The monoisotopic (exact) mass is 1030 g/mol. The summed E-state index contributed by atoms with van der Waals surface area (Å²) >= 11 is 1.45. The lowest BCUT2D eigenvalue weighted by atomic mass is 9.84. The second kappa shape index (κ2) is 21.2. The molecule has 75 heavy (non-hydrogen) atoms. The average molecular weight is 1030 g/mol. The van der Waals surface area contributed by atoms with Crippen LogP contribution < -0.4 is 25.2 Å². The lowest BCUT2D eigenvalue weighted by molar-refractivity contribution is -0.134. The molecule has 3 amide bonds. The van der Waals surface area contributed by atoms with E-state index in [1.165, 1.54) is 24.2 Å². The molecule has 0 radical (unpaired) electrons. The van der Waals surface area contributed by atoms with Gasteiger partial charge in [0, 0.05) is 56.8 Å². The average Bonchev–Trinajstić information content (AvgIpc) is 4.03. The molecule has 7 aromatic rings. The lowest BCUT2D eigenvalue weighted by Crippen LogP contribution is -2.46. The summed E-state index contributed by atoms with van der Waals surface area (Å²) in [5, 5.41) is 6.04. The van der Waals surface area contributed by atoms with E-state index in [9.17, 15) is 19.2 Å². The number of benzene rings is 4. The van der Waals surface area contributed by atoms with Gasteiger partial charge in [0.05, 0.1) is 22.2 Å². The fourth-order valence-electron chi connectivity index (χ4n) is 11.2. The number of ether oxygens (including phenoxy) is 2. The van der Waals surface area contributed by atoms with Gasteiger partial charge in [-0.25, -0.2) is 14.8 Å². The number of fused-ring (bicyclic) bond motifs is 3. The van der Waals surface area contributed by atoms with E-state index in [1.807, 2.05) is 107 Å². The van der Waals surface area contributed by atoms with Gasteiger partial charge >= 0.3 is 5.97 Å². The van der Waals surface area contributed by atoms with Crippen LogP contribution in [0.25, 0.3) is 32.4 Å². The van der Waals surface area contributed by atoms with Crippen LogP contribution in [-0.2, 0) is 27.3 Å². The Labute approximate surface area is 441 Å². The number of anilines is 3. The number of carbonyl (C=O) groups is 4. The van der Waals surface area contributed by atoms with Gasteiger partial charge in [0.2, 0.25) is 11.8 Å². The lowest BCUT2D eigenvalue weighted by Gasteiger charge is -2.34. The number of hydrogen-bond acceptors (Lipinski definition) is 14. The first-order valence-electron chi connectivity index (χ1n) is 26.5. The van der Waals surface area contributed by atoms with Gasteiger partial charge in [-0.2, -0.15) is 4.98 Å². The number of piperidine rings is 1. The van der Waals surface area contributed by atoms with E-state index in [-0.39, 0.29) is 35.4 Å². The zero-order valence-electron chi connectivity index (χ0n) is 43.2. The molecule has 1 atom stereocenters. The van der Waals surface area contributed by atoms with Gasteiger partial charge in [0.25, 0.3) is 11.9 Å². The third kappa shape index (κ3) is 11.3. The van der Waals surface area contributed by atoms with Crippen LogP contribution in [0, 0.1) is 12.8 Å². The summed E-state index contributed by atoms with van der Waals surface area (Å²) in [6.45, 7) is 13.4. The quantitative estimate of drug-likeness (QED) is 0.0826. The molecular weight excluding hydrogens is 965 g/mol. The van der Waals surface area contributed by atoms with Gasteiger partial charge in [-0.05, 0) is 174 Å². The predicted octanol–water partition coefficient (Wildman–Crippen LogP) is 10.6. The number of para-hydroxylation sites is 1. The Balaban J connectivity index is 0.674. The number of aromatic nitrogens is 3. The summed E-state index contributed by atoms with van der Waals surface area (Å²) in [5.74, 6) is 0.637. The molecule has 3 fully saturated rings. The number of hydrogen-bond donors (Lipinski definition) is 2. The number of thiazole rings is 1. The van der Waals surface area contributed by atoms with Crippen molar-refractivity contribution < 1.29 is 33.1 Å². The highest BCUT2D eigenvalue weighted by molar-refractivity contribution is 7.22. The van der Waals surface area contributed by atoms with Gasteiger partial charge in [0.15, 0.2) is 16.4 Å². The highest BCUT2D eigenvalue weighted by Crippen LogP contribution is 2.37. The maximum atomic E-state index is 14.0. The largest absolute Gasteiger partial charge is 0.490 e. The number of imide groups is 1. The first-order chi connectivity index (χ1) is 36.3. The molecule has 1 unspecified atom stereocenters. The molecule has 0 bridgehead atoms. The molecule has 388 valence electrons. The van der Waals surface area contributed by atoms with E-state index >= 15 is 0 Å². The van der Waals surface area contributed by atoms with E-state index in [4.69, 9.17) is 23.9 Å². The Morgan fingerprint density at radius 1 is 0.813 bits per heavy atom. The second-order valence-corrected chi connectivity index (χ2v) is 22.6. The molecule has 6 heterocycles. The number of pyridine rings is 1. The number of aryl methyl sites for hydroxylation is 1. The molecule has 4 aliphatic rings. The molecule has 2 N–H and O–H groups in total. The highest BCUT2D eigenvalue weighted by Gasteiger charge is 2.31. The van der Waals surface area contributed by atoms with Crippen LogP contribution in [0.1, 0.15) is 121 Å². The molecule has 1 saturated carbocycles. The van der Waals surface area contributed by atoms with Gasteiger partial charge < -0.3 is 23.7 Å². The molecule has 0 spiro atoms. The van der Waals surface area contributed by atoms with Crippen molar-refractivity contribution in [3.8, 4) is 16.9 Å². The minimum atomic E-state index is -0.725. The number of piperazine rings is 1. The highest BCUT2D eigenvalue weighted by atomic mass is 32.1. The third-order valence-electron chi connectivity index (χ3n) is 15.2. The molecule has 4 aromatic carbocycles. The van der Waals surface area contributed by atoms with Crippen molar-refractivity contribution >= 4 is 73.3 Å². The smallest absolute Gasteiger partial charge is 0.358 e. The molecule has 3 aliphatic heterocycles. The zero-order chi connectivity index (χ0) is 51.8. The molecule has 3 aromatic heterocycles. The van der Waals surface area contributed by atoms with Crippen LogP contribution in [0.4, 0.5) is 17.0 Å². The van der Waals surface area contributed by atoms with Gasteiger partial charge in [-0.3, -0.25) is 29.9 Å². The van der Waals surface area contributed by atoms with Crippen molar-refractivity contribution in [1.29, 1.82) is 0 Å². The number of carbonyl (C=O) groups excluding carboxylic acids is 4. The van der Waals surface area contributed by atoms with Gasteiger partial charge in [-0.1, -0.05) is 47.7 Å². The minimum absolute atomic E-state index is 0.155. The maximum Gasteiger partial charge on any atom is 0.358 e. The third-order valence-corrected chi connectivity index (χ3v) is 16.1. The van der Waals surface area contributed by atoms with Crippen LogP contribution in [0.5, 0.6) is 5.75 Å². The fourth-order valence-corrected chi connectivity index (χ4v) is 12.1. The van der Waals surface area contributed by atoms with Crippen molar-refractivity contribution in [2.75, 3.05) is 54.4 Å². The number of amides is 3. The molecule has 15 nitrogen and oxygen atoms in total. The van der Waals surface area contributed by atoms with Crippen molar-refractivity contribution in [2.45, 2.75) is 110 Å². The fraction of sp³-hybridized carbons (Fsp3) is 0.407. The minimum Gasteiger partial charge on any atom is -0.490 e. The van der Waals surface area contributed by atoms with Gasteiger partial charge in [0.1, 0.15) is 22.7 Å². The number of nitrogens with one attached hydrogen (secondary N) is 2. The molecule has 11 rings (SSSR count). The summed E-state index contributed by atoms with van der Waals surface area (Å²) in [5.41, 5.74) is 7.85. The van der Waals surface area contributed by atoms with Crippen molar-refractivity contribution in [2.24, 2.45) is 5.92 Å². The topological polar surface area (TPSA) is 172 Å². The second-order valence-electron chi connectivity index (χ2n) is 21.6. The van der Waals surface area contributed by atoms with Crippen LogP contribution in [0.2, 0.25) is 0 Å². The van der Waals surface area contributed by atoms with E-state index in [2.05, 4.69) is 42.5 Å². The first-order valence-corrected chi connectivity index (χ1v) is 27.3. The number of oxazole rings is 1. The maximum absolute atomic E-state index is 14.0. The van der Waals surface area contributed by atoms with E-state index < -0.39 is 11.6 Å². The molecular formula is C59H64N8O7S. The van der Waals surface area contributed by atoms with E-state index in [0.29, 0.717) is 65.5 Å². The van der Waals surface area contributed by atoms with Crippen LogP contribution in [-0.4, -0.2) is 94.5 Å².